The van der Waals surface area contributed by atoms with Crippen LogP contribution in [-0.2, 0) is 6.54 Å². The average molecular weight is 278 g/mol. The second-order valence-electron chi connectivity index (χ2n) is 6.06. The Labute approximate surface area is 123 Å². The summed E-state index contributed by atoms with van der Waals surface area (Å²) in [6, 6.07) is 2.75. The molecule has 0 saturated carbocycles. The third kappa shape index (κ3) is 4.06. The molecule has 0 spiro atoms. The lowest BCUT2D eigenvalue weighted by molar-refractivity contribution is 0.164. The van der Waals surface area contributed by atoms with Crippen molar-refractivity contribution in [2.75, 3.05) is 26.7 Å². The van der Waals surface area contributed by atoms with Crippen molar-refractivity contribution < 1.29 is 0 Å². The van der Waals surface area contributed by atoms with E-state index in [2.05, 4.69) is 48.1 Å². The number of aromatic nitrogens is 2. The van der Waals surface area contributed by atoms with Crippen LogP contribution < -0.4 is 5.32 Å². The molecule has 4 nitrogen and oxygen atoms in total. The summed E-state index contributed by atoms with van der Waals surface area (Å²) in [5.41, 5.74) is 1.22. The van der Waals surface area contributed by atoms with Gasteiger partial charge >= 0.3 is 0 Å². The molecule has 114 valence electrons. The molecule has 0 radical (unpaired) electrons. The Morgan fingerprint density at radius 3 is 2.90 bits per heavy atom. The van der Waals surface area contributed by atoms with Gasteiger partial charge in [0.15, 0.2) is 0 Å². The molecule has 1 N–H and O–H groups in total. The Kier molecular flexibility index (Phi) is 6.05. The van der Waals surface area contributed by atoms with Crippen molar-refractivity contribution in [3.63, 3.8) is 0 Å². The summed E-state index contributed by atoms with van der Waals surface area (Å²) in [4.78, 5) is 2.56. The summed E-state index contributed by atoms with van der Waals surface area (Å²) in [5, 5.41) is 8.09. The van der Waals surface area contributed by atoms with Gasteiger partial charge in [0.25, 0.3) is 0 Å². The Hall–Kier alpha value is -0.870. The van der Waals surface area contributed by atoms with Gasteiger partial charge in [0, 0.05) is 19.3 Å². The zero-order valence-corrected chi connectivity index (χ0v) is 13.3. The molecular weight excluding hydrogens is 248 g/mol. The smallest absolute Gasteiger partial charge is 0.0764 e. The normalized spacial score (nSPS) is 20.7. The lowest BCUT2D eigenvalue weighted by Gasteiger charge is -2.32. The van der Waals surface area contributed by atoms with Crippen LogP contribution in [0.15, 0.2) is 12.3 Å². The monoisotopic (exact) mass is 278 g/mol. The van der Waals surface area contributed by atoms with E-state index in [1.807, 2.05) is 0 Å². The van der Waals surface area contributed by atoms with Gasteiger partial charge in [-0.05, 0) is 57.8 Å². The first-order valence-electron chi connectivity index (χ1n) is 8.17. The molecule has 1 aliphatic rings. The predicted molar refractivity (Wildman–Crippen MR) is 83.8 cm³/mol. The first-order chi connectivity index (χ1) is 9.76. The fourth-order valence-corrected chi connectivity index (χ4v) is 3.31. The predicted octanol–water partition coefficient (Wildman–Crippen LogP) is 2.68. The van der Waals surface area contributed by atoms with E-state index < -0.39 is 0 Å². The molecule has 1 fully saturated rings. The topological polar surface area (TPSA) is 33.1 Å². The highest BCUT2D eigenvalue weighted by Crippen LogP contribution is 2.19. The first kappa shape index (κ1) is 15.5. The standard InChI is InChI=1S/C16H30N4/c1-4-16(5-2)20-10-8-15(18-20)13-19-9-6-7-14(12-19)11-17-3/h8,10,14,16-17H,4-7,9,11-13H2,1-3H3. The van der Waals surface area contributed by atoms with Crippen molar-refractivity contribution in [3.8, 4) is 0 Å². The van der Waals surface area contributed by atoms with Gasteiger partial charge in [0.2, 0.25) is 0 Å². The molecule has 1 atom stereocenters. The van der Waals surface area contributed by atoms with Crippen molar-refractivity contribution in [2.24, 2.45) is 5.92 Å². The Bertz CT molecular complexity index is 382. The SMILES string of the molecule is CCC(CC)n1ccc(CN2CCCC(CNC)C2)n1. The van der Waals surface area contributed by atoms with Crippen LogP contribution >= 0.6 is 0 Å². The summed E-state index contributed by atoms with van der Waals surface area (Å²) in [6.07, 6.45) is 7.15. The summed E-state index contributed by atoms with van der Waals surface area (Å²) in [7, 11) is 2.05. The van der Waals surface area contributed by atoms with Gasteiger partial charge in [-0.2, -0.15) is 5.10 Å². The molecule has 0 aliphatic carbocycles. The molecule has 0 amide bonds. The minimum atomic E-state index is 0.558. The first-order valence-corrected chi connectivity index (χ1v) is 8.17. The number of hydrogen-bond donors (Lipinski definition) is 1. The number of piperidine rings is 1. The third-order valence-corrected chi connectivity index (χ3v) is 4.46. The average Bonchev–Trinajstić information content (AvgIpc) is 2.89. The molecule has 1 aliphatic heterocycles. The molecule has 1 saturated heterocycles. The van der Waals surface area contributed by atoms with Gasteiger partial charge in [0.1, 0.15) is 0 Å². The molecule has 20 heavy (non-hydrogen) atoms. The number of rotatable bonds is 7. The van der Waals surface area contributed by atoms with Crippen molar-refractivity contribution in [1.82, 2.24) is 20.0 Å². The summed E-state index contributed by atoms with van der Waals surface area (Å²) >= 11 is 0. The van der Waals surface area contributed by atoms with E-state index in [9.17, 15) is 0 Å². The summed E-state index contributed by atoms with van der Waals surface area (Å²) in [6.45, 7) is 9.05. The molecule has 1 unspecified atom stereocenters. The molecule has 2 rings (SSSR count). The molecular formula is C16H30N4. The zero-order chi connectivity index (χ0) is 14.4. The van der Waals surface area contributed by atoms with Crippen molar-refractivity contribution in [1.29, 1.82) is 0 Å². The maximum atomic E-state index is 4.78. The fraction of sp³-hybridized carbons (Fsp3) is 0.812. The zero-order valence-electron chi connectivity index (χ0n) is 13.3. The van der Waals surface area contributed by atoms with Crippen molar-refractivity contribution >= 4 is 0 Å². The van der Waals surface area contributed by atoms with Crippen molar-refractivity contribution in [2.45, 2.75) is 52.1 Å². The summed E-state index contributed by atoms with van der Waals surface area (Å²) in [5.74, 6) is 0.801. The van der Waals surface area contributed by atoms with Crippen LogP contribution in [0, 0.1) is 5.92 Å². The maximum absolute atomic E-state index is 4.78. The van der Waals surface area contributed by atoms with Crippen LogP contribution in [-0.4, -0.2) is 41.4 Å². The number of likely N-dealkylation sites (tertiary alicyclic amines) is 1. The van der Waals surface area contributed by atoms with Crippen LogP contribution in [0.1, 0.15) is 51.3 Å². The number of hydrogen-bond acceptors (Lipinski definition) is 3. The van der Waals surface area contributed by atoms with E-state index in [1.165, 1.54) is 31.6 Å². The Morgan fingerprint density at radius 1 is 1.40 bits per heavy atom. The van der Waals surface area contributed by atoms with Crippen LogP contribution in [0.5, 0.6) is 0 Å². The van der Waals surface area contributed by atoms with Crippen molar-refractivity contribution in [3.05, 3.63) is 18.0 Å². The highest BCUT2D eigenvalue weighted by molar-refractivity contribution is 5.00. The molecule has 1 aromatic heterocycles. The quantitative estimate of drug-likeness (QED) is 0.832. The Balaban J connectivity index is 1.89. The maximum Gasteiger partial charge on any atom is 0.0764 e. The minimum absolute atomic E-state index is 0.558. The highest BCUT2D eigenvalue weighted by atomic mass is 15.3. The molecule has 1 aromatic rings. The van der Waals surface area contributed by atoms with E-state index in [4.69, 9.17) is 5.10 Å². The van der Waals surface area contributed by atoms with Crippen LogP contribution in [0.25, 0.3) is 0 Å². The lowest BCUT2D eigenvalue weighted by atomic mass is 9.98. The molecule has 4 heteroatoms. The number of nitrogens with one attached hydrogen (secondary N) is 1. The largest absolute Gasteiger partial charge is 0.319 e. The van der Waals surface area contributed by atoms with Gasteiger partial charge < -0.3 is 5.32 Å². The Morgan fingerprint density at radius 2 is 2.20 bits per heavy atom. The molecule has 2 heterocycles. The number of nitrogens with zero attached hydrogens (tertiary/aromatic N) is 3. The van der Waals surface area contributed by atoms with Gasteiger partial charge in [-0.1, -0.05) is 13.8 Å². The van der Waals surface area contributed by atoms with Gasteiger partial charge in [-0.3, -0.25) is 9.58 Å². The van der Waals surface area contributed by atoms with Crippen LogP contribution in [0.3, 0.4) is 0 Å². The van der Waals surface area contributed by atoms with Gasteiger partial charge in [-0.15, -0.1) is 0 Å². The van der Waals surface area contributed by atoms with E-state index in [0.717, 1.165) is 31.8 Å². The second kappa shape index (κ2) is 7.79. The third-order valence-electron chi connectivity index (χ3n) is 4.46. The molecule has 0 bridgehead atoms. The molecule has 0 aromatic carbocycles. The van der Waals surface area contributed by atoms with E-state index in [0.29, 0.717) is 6.04 Å². The van der Waals surface area contributed by atoms with Crippen LogP contribution in [0.2, 0.25) is 0 Å². The van der Waals surface area contributed by atoms with Gasteiger partial charge in [0.05, 0.1) is 11.7 Å². The van der Waals surface area contributed by atoms with Gasteiger partial charge in [-0.25, -0.2) is 0 Å². The lowest BCUT2D eigenvalue weighted by Crippen LogP contribution is -2.38. The summed E-state index contributed by atoms with van der Waals surface area (Å²) < 4.78 is 2.16. The van der Waals surface area contributed by atoms with E-state index in [-0.39, 0.29) is 0 Å². The van der Waals surface area contributed by atoms with E-state index in [1.54, 1.807) is 0 Å². The fourth-order valence-electron chi connectivity index (χ4n) is 3.31. The minimum Gasteiger partial charge on any atom is -0.319 e. The van der Waals surface area contributed by atoms with Crippen LogP contribution in [0.4, 0.5) is 0 Å². The van der Waals surface area contributed by atoms with E-state index >= 15 is 0 Å². The highest BCUT2D eigenvalue weighted by Gasteiger charge is 2.20. The second-order valence-corrected chi connectivity index (χ2v) is 6.06.